The van der Waals surface area contributed by atoms with Gasteiger partial charge < -0.3 is 18.9 Å². The minimum Gasteiger partial charge on any atom is -0.497 e. The van der Waals surface area contributed by atoms with Crippen LogP contribution in [-0.4, -0.2) is 32.4 Å². The van der Waals surface area contributed by atoms with Crippen LogP contribution in [0, 0.1) is 0 Å². The van der Waals surface area contributed by atoms with Gasteiger partial charge in [-0.05, 0) is 61.9 Å². The molecule has 2 heterocycles. The van der Waals surface area contributed by atoms with Gasteiger partial charge in [0.2, 0.25) is 6.79 Å². The van der Waals surface area contributed by atoms with Crippen LogP contribution in [0.4, 0.5) is 5.69 Å². The molecule has 1 amide bonds. The number of nitrogens with zero attached hydrogens (tertiary/aromatic N) is 1. The van der Waals surface area contributed by atoms with Crippen LogP contribution in [0.25, 0.3) is 6.08 Å². The Balaban J connectivity index is 1.78. The third kappa shape index (κ3) is 3.39. The molecule has 154 valence electrons. The van der Waals surface area contributed by atoms with Crippen molar-refractivity contribution in [1.82, 2.24) is 0 Å². The van der Waals surface area contributed by atoms with Crippen LogP contribution in [-0.2, 0) is 14.3 Å². The number of hydrogen-bond donors (Lipinski definition) is 0. The van der Waals surface area contributed by atoms with Gasteiger partial charge in [0, 0.05) is 11.4 Å². The average Bonchev–Trinajstić information content (AvgIpc) is 3.30. The zero-order valence-electron chi connectivity index (χ0n) is 16.9. The van der Waals surface area contributed by atoms with Crippen LogP contribution in [0.5, 0.6) is 17.2 Å². The summed E-state index contributed by atoms with van der Waals surface area (Å²) in [4.78, 5) is 27.6. The highest BCUT2D eigenvalue weighted by Gasteiger charge is 2.38. The van der Waals surface area contributed by atoms with Gasteiger partial charge in [-0.2, -0.15) is 0 Å². The number of allylic oxidation sites excluding steroid dienone is 1. The maximum Gasteiger partial charge on any atom is 0.340 e. The Morgan fingerprint density at radius 2 is 1.87 bits per heavy atom. The summed E-state index contributed by atoms with van der Waals surface area (Å²) in [5.41, 5.74) is 2.37. The highest BCUT2D eigenvalue weighted by molar-refractivity contribution is 6.23. The molecule has 2 aromatic rings. The zero-order chi connectivity index (χ0) is 21.3. The summed E-state index contributed by atoms with van der Waals surface area (Å²) in [6.07, 6.45) is 1.67. The van der Waals surface area contributed by atoms with E-state index in [1.807, 2.05) is 6.07 Å². The van der Waals surface area contributed by atoms with E-state index in [4.69, 9.17) is 18.9 Å². The van der Waals surface area contributed by atoms with E-state index in [1.54, 1.807) is 63.4 Å². The normalized spacial score (nSPS) is 16.4. The van der Waals surface area contributed by atoms with Crippen molar-refractivity contribution in [1.29, 1.82) is 0 Å². The molecular formula is C23H21NO6. The van der Waals surface area contributed by atoms with Gasteiger partial charge in [0.15, 0.2) is 11.5 Å². The number of esters is 1. The molecule has 0 N–H and O–H groups in total. The summed E-state index contributed by atoms with van der Waals surface area (Å²) in [6.45, 7) is 3.83. The van der Waals surface area contributed by atoms with E-state index in [-0.39, 0.29) is 30.5 Å². The van der Waals surface area contributed by atoms with E-state index in [0.717, 1.165) is 0 Å². The van der Waals surface area contributed by atoms with Gasteiger partial charge in [0.25, 0.3) is 5.91 Å². The number of rotatable bonds is 5. The Kier molecular flexibility index (Phi) is 5.18. The standard InChI is InChI=1S/C23H21NO6/c1-4-28-23(26)21-14(2)24(16-6-8-17(27-3)9-7-16)22(25)18(21)11-15-5-10-19-20(12-15)30-13-29-19/h5-12H,4,13H2,1-3H3/b18-11-. The monoisotopic (exact) mass is 407 g/mol. The molecule has 0 atom stereocenters. The second-order valence-electron chi connectivity index (χ2n) is 6.69. The van der Waals surface area contributed by atoms with Crippen LogP contribution >= 0.6 is 0 Å². The van der Waals surface area contributed by atoms with Crippen molar-refractivity contribution in [2.45, 2.75) is 13.8 Å². The van der Waals surface area contributed by atoms with Gasteiger partial charge in [-0.1, -0.05) is 6.07 Å². The van der Waals surface area contributed by atoms with Crippen LogP contribution in [0.1, 0.15) is 19.4 Å². The number of benzene rings is 2. The first-order valence-electron chi connectivity index (χ1n) is 9.51. The third-order valence-electron chi connectivity index (χ3n) is 4.92. The van der Waals surface area contributed by atoms with Crippen molar-refractivity contribution < 1.29 is 28.5 Å². The highest BCUT2D eigenvalue weighted by Crippen LogP contribution is 2.38. The second kappa shape index (κ2) is 7.94. The Bertz CT molecular complexity index is 1070. The molecular weight excluding hydrogens is 386 g/mol. The van der Waals surface area contributed by atoms with Gasteiger partial charge in [-0.3, -0.25) is 9.69 Å². The van der Waals surface area contributed by atoms with E-state index < -0.39 is 5.97 Å². The molecule has 0 aromatic heterocycles. The van der Waals surface area contributed by atoms with Gasteiger partial charge in [-0.15, -0.1) is 0 Å². The third-order valence-corrected chi connectivity index (χ3v) is 4.92. The lowest BCUT2D eigenvalue weighted by molar-refractivity contribution is -0.138. The lowest BCUT2D eigenvalue weighted by Gasteiger charge is -2.18. The molecule has 0 saturated heterocycles. The number of methoxy groups -OCH3 is 1. The maximum atomic E-state index is 13.3. The molecule has 2 aliphatic heterocycles. The number of hydrogen-bond acceptors (Lipinski definition) is 6. The number of carbonyl (C=O) groups is 2. The number of amides is 1. The molecule has 30 heavy (non-hydrogen) atoms. The first-order chi connectivity index (χ1) is 14.5. The number of fused-ring (bicyclic) bond motifs is 1. The topological polar surface area (TPSA) is 74.3 Å². The molecule has 4 rings (SSSR count). The number of carbonyl (C=O) groups excluding carboxylic acids is 2. The Morgan fingerprint density at radius 3 is 2.57 bits per heavy atom. The second-order valence-corrected chi connectivity index (χ2v) is 6.69. The fourth-order valence-electron chi connectivity index (χ4n) is 3.49. The van der Waals surface area contributed by atoms with Crippen LogP contribution in [0.15, 0.2) is 59.3 Å². The summed E-state index contributed by atoms with van der Waals surface area (Å²) in [6, 6.07) is 12.4. The van der Waals surface area contributed by atoms with E-state index in [0.29, 0.717) is 34.2 Å². The minimum absolute atomic E-state index is 0.159. The maximum absolute atomic E-state index is 13.3. The molecule has 0 saturated carbocycles. The largest absolute Gasteiger partial charge is 0.497 e. The molecule has 0 fully saturated rings. The SMILES string of the molecule is CCOC(=O)C1=C(C)N(c2ccc(OC)cc2)C(=O)/C1=C\c1ccc2c(c1)OCO2. The number of ether oxygens (including phenoxy) is 4. The predicted octanol–water partition coefficient (Wildman–Crippen LogP) is 3.69. The van der Waals surface area contributed by atoms with Gasteiger partial charge >= 0.3 is 5.97 Å². The number of anilines is 1. The predicted molar refractivity (Wildman–Crippen MR) is 110 cm³/mol. The van der Waals surface area contributed by atoms with Gasteiger partial charge in [0.1, 0.15) is 5.75 Å². The summed E-state index contributed by atoms with van der Waals surface area (Å²) in [5, 5.41) is 0. The Morgan fingerprint density at radius 1 is 1.13 bits per heavy atom. The molecule has 0 bridgehead atoms. The Labute approximate surface area is 174 Å². The summed E-state index contributed by atoms with van der Waals surface area (Å²) in [7, 11) is 1.58. The van der Waals surface area contributed by atoms with Crippen molar-refractivity contribution >= 4 is 23.6 Å². The van der Waals surface area contributed by atoms with E-state index in [1.165, 1.54) is 4.90 Å². The van der Waals surface area contributed by atoms with Gasteiger partial charge in [0.05, 0.1) is 24.9 Å². The van der Waals surface area contributed by atoms with Crippen molar-refractivity contribution in [3.8, 4) is 17.2 Å². The smallest absolute Gasteiger partial charge is 0.340 e. The average molecular weight is 407 g/mol. The van der Waals surface area contributed by atoms with Crippen molar-refractivity contribution in [2.75, 3.05) is 25.4 Å². The molecule has 7 heteroatoms. The summed E-state index contributed by atoms with van der Waals surface area (Å²) < 4.78 is 21.2. The molecule has 0 spiro atoms. The van der Waals surface area contributed by atoms with E-state index in [9.17, 15) is 9.59 Å². The Hall–Kier alpha value is -3.74. The summed E-state index contributed by atoms with van der Waals surface area (Å²) >= 11 is 0. The lowest BCUT2D eigenvalue weighted by atomic mass is 10.0. The highest BCUT2D eigenvalue weighted by atomic mass is 16.7. The van der Waals surface area contributed by atoms with Crippen molar-refractivity contribution in [2.24, 2.45) is 0 Å². The first kappa shape index (κ1) is 19.6. The van der Waals surface area contributed by atoms with E-state index in [2.05, 4.69) is 0 Å². The molecule has 7 nitrogen and oxygen atoms in total. The molecule has 0 aliphatic carbocycles. The first-order valence-corrected chi connectivity index (χ1v) is 9.51. The molecule has 2 aromatic carbocycles. The van der Waals surface area contributed by atoms with Crippen LogP contribution in [0.3, 0.4) is 0 Å². The molecule has 2 aliphatic rings. The fraction of sp³-hybridized carbons (Fsp3) is 0.217. The van der Waals surface area contributed by atoms with Gasteiger partial charge in [-0.25, -0.2) is 4.79 Å². The molecule has 0 unspecified atom stereocenters. The van der Waals surface area contributed by atoms with Crippen LogP contribution in [0.2, 0.25) is 0 Å². The van der Waals surface area contributed by atoms with Crippen molar-refractivity contribution in [3.05, 3.63) is 64.9 Å². The van der Waals surface area contributed by atoms with Crippen LogP contribution < -0.4 is 19.1 Å². The lowest BCUT2D eigenvalue weighted by Crippen LogP contribution is -2.24. The summed E-state index contributed by atoms with van der Waals surface area (Å²) in [5.74, 6) is 1.07. The quantitative estimate of drug-likeness (QED) is 0.556. The zero-order valence-corrected chi connectivity index (χ0v) is 16.9. The molecule has 0 radical (unpaired) electrons. The van der Waals surface area contributed by atoms with E-state index >= 15 is 0 Å². The van der Waals surface area contributed by atoms with Crippen molar-refractivity contribution in [3.63, 3.8) is 0 Å². The fourth-order valence-corrected chi connectivity index (χ4v) is 3.49. The minimum atomic E-state index is -0.536.